The highest BCUT2D eigenvalue weighted by atomic mass is 32.1. The summed E-state index contributed by atoms with van der Waals surface area (Å²) in [6.07, 6.45) is 4.21. The lowest BCUT2D eigenvalue weighted by Gasteiger charge is -2.05. The Morgan fingerprint density at radius 1 is 1.28 bits per heavy atom. The van der Waals surface area contributed by atoms with Crippen LogP contribution < -0.4 is 5.32 Å². The summed E-state index contributed by atoms with van der Waals surface area (Å²) in [5.41, 5.74) is 0. The molecule has 8 heteroatoms. The van der Waals surface area contributed by atoms with Gasteiger partial charge in [-0.1, -0.05) is 6.07 Å². The van der Waals surface area contributed by atoms with Crippen molar-refractivity contribution in [3.63, 3.8) is 0 Å². The van der Waals surface area contributed by atoms with E-state index in [9.17, 15) is 9.59 Å². The molecule has 1 N–H and O–H groups in total. The molecule has 0 bridgehead atoms. The van der Waals surface area contributed by atoms with Gasteiger partial charge in [-0.2, -0.15) is 5.10 Å². The molecule has 0 saturated carbocycles. The van der Waals surface area contributed by atoms with Gasteiger partial charge in [-0.05, 0) is 36.1 Å². The number of furan rings is 1. The third-order valence-corrected chi connectivity index (χ3v) is 4.28. The molecule has 0 aromatic carbocycles. The van der Waals surface area contributed by atoms with Gasteiger partial charge in [0.25, 0.3) is 5.91 Å². The SMILES string of the molecule is O=C(COC(=O)c1ccc(Cn2cccn2)o1)NCCc1cccs1. The number of amides is 1. The number of hydrogen-bond donors (Lipinski definition) is 1. The number of carbonyl (C=O) groups excluding carboxylic acids is 2. The number of hydrogen-bond acceptors (Lipinski definition) is 6. The first kappa shape index (κ1) is 17.0. The van der Waals surface area contributed by atoms with Crippen LogP contribution in [-0.2, 0) is 22.5 Å². The zero-order valence-corrected chi connectivity index (χ0v) is 14.2. The number of nitrogens with one attached hydrogen (secondary N) is 1. The van der Waals surface area contributed by atoms with Gasteiger partial charge in [-0.3, -0.25) is 9.48 Å². The van der Waals surface area contributed by atoms with E-state index in [4.69, 9.17) is 9.15 Å². The van der Waals surface area contributed by atoms with Crippen molar-refractivity contribution >= 4 is 23.2 Å². The van der Waals surface area contributed by atoms with Crippen LogP contribution in [0.25, 0.3) is 0 Å². The van der Waals surface area contributed by atoms with Crippen molar-refractivity contribution in [3.05, 3.63) is 64.5 Å². The minimum absolute atomic E-state index is 0.0635. The van der Waals surface area contributed by atoms with Crippen molar-refractivity contribution in [2.75, 3.05) is 13.2 Å². The predicted octanol–water partition coefficient (Wildman–Crippen LogP) is 2.10. The molecule has 1 amide bonds. The minimum Gasteiger partial charge on any atom is -0.452 e. The van der Waals surface area contributed by atoms with Gasteiger partial charge in [0.2, 0.25) is 5.76 Å². The summed E-state index contributed by atoms with van der Waals surface area (Å²) < 4.78 is 12.1. The molecule has 3 rings (SSSR count). The highest BCUT2D eigenvalue weighted by Crippen LogP contribution is 2.11. The Hall–Kier alpha value is -2.87. The molecule has 0 atom stereocenters. The van der Waals surface area contributed by atoms with Gasteiger partial charge >= 0.3 is 5.97 Å². The van der Waals surface area contributed by atoms with Gasteiger partial charge in [0.15, 0.2) is 6.61 Å². The van der Waals surface area contributed by atoms with Crippen LogP contribution in [0.15, 0.2) is 52.5 Å². The molecule has 25 heavy (non-hydrogen) atoms. The van der Waals surface area contributed by atoms with Gasteiger partial charge in [0, 0.05) is 23.8 Å². The molecule has 0 saturated heterocycles. The number of rotatable bonds is 8. The fraction of sp³-hybridized carbons (Fsp3) is 0.235. The van der Waals surface area contributed by atoms with E-state index >= 15 is 0 Å². The fourth-order valence-corrected chi connectivity index (χ4v) is 2.87. The normalized spacial score (nSPS) is 10.6. The van der Waals surface area contributed by atoms with Crippen LogP contribution in [0, 0.1) is 0 Å². The smallest absolute Gasteiger partial charge is 0.374 e. The lowest BCUT2D eigenvalue weighted by Crippen LogP contribution is -2.30. The first-order valence-electron chi connectivity index (χ1n) is 7.73. The Kier molecular flexibility index (Phi) is 5.63. The van der Waals surface area contributed by atoms with Crippen LogP contribution in [0.3, 0.4) is 0 Å². The van der Waals surface area contributed by atoms with Crippen molar-refractivity contribution in [1.82, 2.24) is 15.1 Å². The zero-order chi connectivity index (χ0) is 17.5. The molecule has 3 aromatic rings. The largest absolute Gasteiger partial charge is 0.452 e. The Labute approximate surface area is 148 Å². The van der Waals surface area contributed by atoms with Crippen LogP contribution in [0.4, 0.5) is 0 Å². The highest BCUT2D eigenvalue weighted by molar-refractivity contribution is 7.09. The number of nitrogens with zero attached hydrogens (tertiary/aromatic N) is 2. The van der Waals surface area contributed by atoms with Crippen molar-refractivity contribution in [3.8, 4) is 0 Å². The van der Waals surface area contributed by atoms with Crippen LogP contribution in [0.5, 0.6) is 0 Å². The van der Waals surface area contributed by atoms with Gasteiger partial charge in [-0.25, -0.2) is 4.79 Å². The molecule has 0 fully saturated rings. The highest BCUT2D eigenvalue weighted by Gasteiger charge is 2.14. The van der Waals surface area contributed by atoms with Crippen molar-refractivity contribution in [2.24, 2.45) is 0 Å². The second-order valence-corrected chi connectivity index (χ2v) is 6.26. The molecule has 0 unspecified atom stereocenters. The van der Waals surface area contributed by atoms with E-state index in [0.29, 0.717) is 18.8 Å². The first-order valence-corrected chi connectivity index (χ1v) is 8.61. The van der Waals surface area contributed by atoms with Crippen molar-refractivity contribution < 1.29 is 18.7 Å². The second-order valence-electron chi connectivity index (χ2n) is 5.23. The van der Waals surface area contributed by atoms with Gasteiger partial charge in [-0.15, -0.1) is 11.3 Å². The van der Waals surface area contributed by atoms with E-state index in [2.05, 4.69) is 10.4 Å². The average Bonchev–Trinajstić information content (AvgIpc) is 3.35. The molecule has 130 valence electrons. The van der Waals surface area contributed by atoms with Crippen LogP contribution in [-0.4, -0.2) is 34.8 Å². The third-order valence-electron chi connectivity index (χ3n) is 3.35. The van der Waals surface area contributed by atoms with Gasteiger partial charge < -0.3 is 14.5 Å². The number of aromatic nitrogens is 2. The maximum atomic E-state index is 11.9. The van der Waals surface area contributed by atoms with Crippen molar-refractivity contribution in [2.45, 2.75) is 13.0 Å². The summed E-state index contributed by atoms with van der Waals surface area (Å²) in [4.78, 5) is 24.8. The molecule has 0 aliphatic carbocycles. The first-order chi connectivity index (χ1) is 12.2. The lowest BCUT2D eigenvalue weighted by atomic mass is 10.3. The predicted molar refractivity (Wildman–Crippen MR) is 91.4 cm³/mol. The van der Waals surface area contributed by atoms with E-state index < -0.39 is 5.97 Å². The number of ether oxygens (including phenoxy) is 1. The van der Waals surface area contributed by atoms with E-state index in [-0.39, 0.29) is 18.3 Å². The van der Waals surface area contributed by atoms with Crippen LogP contribution in [0.1, 0.15) is 21.2 Å². The molecular weight excluding hydrogens is 342 g/mol. The zero-order valence-electron chi connectivity index (χ0n) is 13.4. The molecule has 3 aromatic heterocycles. The summed E-state index contributed by atoms with van der Waals surface area (Å²) >= 11 is 1.64. The Bertz CT molecular complexity index is 809. The van der Waals surface area contributed by atoms with Gasteiger partial charge in [0.05, 0.1) is 6.54 Å². The van der Waals surface area contributed by atoms with E-state index in [0.717, 1.165) is 6.42 Å². The van der Waals surface area contributed by atoms with Crippen LogP contribution in [0.2, 0.25) is 0 Å². The molecular formula is C17H17N3O4S. The maximum Gasteiger partial charge on any atom is 0.374 e. The lowest BCUT2D eigenvalue weighted by molar-refractivity contribution is -0.124. The van der Waals surface area contributed by atoms with E-state index in [1.165, 1.54) is 10.9 Å². The second kappa shape index (κ2) is 8.29. The Morgan fingerprint density at radius 2 is 2.20 bits per heavy atom. The standard InChI is InChI=1S/C17H17N3O4S/c21-16(18-8-6-14-3-1-10-25-14)12-23-17(22)15-5-4-13(24-15)11-20-9-2-7-19-20/h1-5,7,9-10H,6,8,11-12H2,(H,18,21). The summed E-state index contributed by atoms with van der Waals surface area (Å²) in [7, 11) is 0. The molecule has 0 aliphatic heterocycles. The molecule has 0 spiro atoms. The molecule has 7 nitrogen and oxygen atoms in total. The number of esters is 1. The monoisotopic (exact) mass is 359 g/mol. The molecule has 3 heterocycles. The number of carbonyl (C=O) groups is 2. The van der Waals surface area contributed by atoms with Gasteiger partial charge in [0.1, 0.15) is 5.76 Å². The summed E-state index contributed by atoms with van der Waals surface area (Å²) in [5.74, 6) is -0.363. The summed E-state index contributed by atoms with van der Waals surface area (Å²) in [6, 6.07) is 8.98. The summed E-state index contributed by atoms with van der Waals surface area (Å²) in [6.45, 7) is 0.591. The molecule has 0 radical (unpaired) electrons. The Balaban J connectivity index is 1.39. The topological polar surface area (TPSA) is 86.4 Å². The summed E-state index contributed by atoms with van der Waals surface area (Å²) in [5, 5.41) is 8.76. The van der Waals surface area contributed by atoms with E-state index in [1.807, 2.05) is 17.5 Å². The Morgan fingerprint density at radius 3 is 2.96 bits per heavy atom. The third kappa shape index (κ3) is 5.05. The average molecular weight is 359 g/mol. The van der Waals surface area contributed by atoms with E-state index in [1.54, 1.807) is 40.5 Å². The maximum absolute atomic E-state index is 11.9. The molecule has 0 aliphatic rings. The van der Waals surface area contributed by atoms with Crippen molar-refractivity contribution in [1.29, 1.82) is 0 Å². The quantitative estimate of drug-likeness (QED) is 0.623. The minimum atomic E-state index is -0.667. The van der Waals surface area contributed by atoms with Crippen LogP contribution >= 0.6 is 11.3 Å². The fourth-order valence-electron chi connectivity index (χ4n) is 2.16. The number of thiophene rings is 1.